The molecule has 11 heteroatoms. The summed E-state index contributed by atoms with van der Waals surface area (Å²) in [5, 5.41) is 10.8. The Morgan fingerprint density at radius 3 is 2.03 bits per heavy atom. The van der Waals surface area contributed by atoms with Crippen LogP contribution < -0.4 is 9.80 Å². The van der Waals surface area contributed by atoms with Crippen molar-refractivity contribution in [3.05, 3.63) is 74.9 Å². The average molecular weight is 482 g/mol. The molecule has 0 spiro atoms. The third-order valence-electron chi connectivity index (χ3n) is 4.34. The van der Waals surface area contributed by atoms with Crippen LogP contribution in [0.25, 0.3) is 0 Å². The molecule has 0 saturated carbocycles. The maximum atomic E-state index is 13.6. The zero-order valence-corrected chi connectivity index (χ0v) is 17.3. The molecule has 2 aromatic carbocycles. The maximum absolute atomic E-state index is 13.6. The molecule has 0 amide bonds. The van der Waals surface area contributed by atoms with Crippen LogP contribution in [0.2, 0.25) is 0 Å². The van der Waals surface area contributed by atoms with Crippen LogP contribution in [0, 0.1) is 10.1 Å². The molecule has 0 saturated heterocycles. The quantitative estimate of drug-likeness (QED) is 0.343. The summed E-state index contributed by atoms with van der Waals surface area (Å²) in [5.41, 5.74) is -0.0890. The second kappa shape index (κ2) is 8.27. The molecule has 0 fully saturated rings. The van der Waals surface area contributed by atoms with E-state index in [2.05, 4.69) is 25.9 Å². The van der Waals surface area contributed by atoms with E-state index in [4.69, 9.17) is 0 Å². The van der Waals surface area contributed by atoms with E-state index >= 15 is 0 Å². The van der Waals surface area contributed by atoms with Crippen molar-refractivity contribution in [1.29, 1.82) is 0 Å². The number of non-ortho nitro benzene ring substituents is 1. The number of hydrogen-bond acceptors (Lipinski definition) is 6. The number of hydrogen-bond donors (Lipinski definition) is 0. The number of alkyl halides is 3. The SMILES string of the molecule is CN(c1ccc([N+](=O)[O-])cc1)c1ncc(C(F)(F)F)c(N(C)c2ccc(Br)cc2)n1. The van der Waals surface area contributed by atoms with E-state index in [1.807, 2.05) is 0 Å². The molecule has 30 heavy (non-hydrogen) atoms. The van der Waals surface area contributed by atoms with Crippen molar-refractivity contribution in [1.82, 2.24) is 9.97 Å². The Bertz CT molecular complexity index is 1060. The predicted octanol–water partition coefficient (Wildman–Crippen LogP) is 5.70. The molecular formula is C19H15BrF3N5O2. The summed E-state index contributed by atoms with van der Waals surface area (Å²) < 4.78 is 41.5. The zero-order chi connectivity index (χ0) is 22.1. The number of halogens is 4. The van der Waals surface area contributed by atoms with Crippen molar-refractivity contribution in [3.8, 4) is 0 Å². The molecule has 7 nitrogen and oxygen atoms in total. The Balaban J connectivity index is 2.03. The fourth-order valence-corrected chi connectivity index (χ4v) is 2.95. The standard InChI is InChI=1S/C19H15BrF3N5O2/c1-26(13-5-3-12(20)4-6-13)17-16(19(21,22)23)11-24-18(25-17)27(2)14-7-9-15(10-8-14)28(29)30/h3-11H,1-2H3. The Kier molecular flexibility index (Phi) is 5.92. The van der Waals surface area contributed by atoms with Crippen LogP contribution in [-0.2, 0) is 6.18 Å². The van der Waals surface area contributed by atoms with Crippen molar-refractivity contribution < 1.29 is 18.1 Å². The molecular weight excluding hydrogens is 467 g/mol. The smallest absolute Gasteiger partial charge is 0.329 e. The van der Waals surface area contributed by atoms with Gasteiger partial charge in [0, 0.05) is 48.3 Å². The van der Waals surface area contributed by atoms with Gasteiger partial charge in [0.1, 0.15) is 5.56 Å². The summed E-state index contributed by atoms with van der Waals surface area (Å²) in [6.07, 6.45) is -3.92. The topological polar surface area (TPSA) is 75.4 Å². The fraction of sp³-hybridized carbons (Fsp3) is 0.158. The predicted molar refractivity (Wildman–Crippen MR) is 110 cm³/mol. The molecule has 3 rings (SSSR count). The molecule has 0 radical (unpaired) electrons. The molecule has 0 aliphatic carbocycles. The lowest BCUT2D eigenvalue weighted by Gasteiger charge is -2.25. The van der Waals surface area contributed by atoms with Crippen molar-refractivity contribution in [2.24, 2.45) is 0 Å². The number of anilines is 4. The first-order valence-corrected chi connectivity index (χ1v) is 9.29. The van der Waals surface area contributed by atoms with Gasteiger partial charge in [-0.05, 0) is 36.4 Å². The number of nitro groups is 1. The van der Waals surface area contributed by atoms with E-state index < -0.39 is 16.7 Å². The van der Waals surface area contributed by atoms with Crippen molar-refractivity contribution >= 4 is 44.8 Å². The van der Waals surface area contributed by atoms with E-state index in [0.717, 1.165) is 10.7 Å². The highest BCUT2D eigenvalue weighted by atomic mass is 79.9. The number of rotatable bonds is 5. The zero-order valence-electron chi connectivity index (χ0n) is 15.8. The molecule has 1 aromatic heterocycles. The van der Waals surface area contributed by atoms with Crippen LogP contribution in [-0.4, -0.2) is 29.0 Å². The second-order valence-electron chi connectivity index (χ2n) is 6.27. The van der Waals surface area contributed by atoms with E-state index in [-0.39, 0.29) is 17.5 Å². The largest absolute Gasteiger partial charge is 0.421 e. The summed E-state index contributed by atoms with van der Waals surface area (Å²) >= 11 is 3.29. The van der Waals surface area contributed by atoms with Gasteiger partial charge in [-0.25, -0.2) is 4.98 Å². The second-order valence-corrected chi connectivity index (χ2v) is 7.19. The lowest BCUT2D eigenvalue weighted by Crippen LogP contribution is -2.21. The van der Waals surface area contributed by atoms with Gasteiger partial charge in [-0.15, -0.1) is 0 Å². The maximum Gasteiger partial charge on any atom is 0.421 e. The Morgan fingerprint density at radius 1 is 0.967 bits per heavy atom. The fourth-order valence-electron chi connectivity index (χ4n) is 2.68. The van der Waals surface area contributed by atoms with Gasteiger partial charge in [0.15, 0.2) is 5.82 Å². The highest BCUT2D eigenvalue weighted by molar-refractivity contribution is 9.10. The molecule has 0 unspecified atom stereocenters. The van der Waals surface area contributed by atoms with E-state index in [1.54, 1.807) is 31.3 Å². The van der Waals surface area contributed by atoms with Gasteiger partial charge in [0.2, 0.25) is 5.95 Å². The minimum atomic E-state index is -4.65. The summed E-state index contributed by atoms with van der Waals surface area (Å²) in [4.78, 5) is 21.0. The van der Waals surface area contributed by atoms with Crippen LogP contribution >= 0.6 is 15.9 Å². The molecule has 3 aromatic rings. The van der Waals surface area contributed by atoms with Gasteiger partial charge in [0.25, 0.3) is 5.69 Å². The highest BCUT2D eigenvalue weighted by Crippen LogP contribution is 2.38. The van der Waals surface area contributed by atoms with Crippen LogP contribution in [0.4, 0.5) is 42.0 Å². The van der Waals surface area contributed by atoms with Gasteiger partial charge < -0.3 is 9.80 Å². The van der Waals surface area contributed by atoms with Crippen molar-refractivity contribution in [3.63, 3.8) is 0 Å². The molecule has 156 valence electrons. The Morgan fingerprint density at radius 2 is 1.50 bits per heavy atom. The minimum Gasteiger partial charge on any atom is -0.329 e. The molecule has 0 aliphatic heterocycles. The van der Waals surface area contributed by atoms with Gasteiger partial charge in [-0.1, -0.05) is 15.9 Å². The van der Waals surface area contributed by atoms with Crippen LogP contribution in [0.3, 0.4) is 0 Å². The first kappa shape index (κ1) is 21.5. The lowest BCUT2D eigenvalue weighted by molar-refractivity contribution is -0.384. The van der Waals surface area contributed by atoms with Gasteiger partial charge in [-0.3, -0.25) is 10.1 Å². The summed E-state index contributed by atoms with van der Waals surface area (Å²) in [5.74, 6) is -0.306. The summed E-state index contributed by atoms with van der Waals surface area (Å²) in [6, 6.07) is 12.3. The van der Waals surface area contributed by atoms with E-state index in [1.165, 1.54) is 41.1 Å². The lowest BCUT2D eigenvalue weighted by atomic mass is 10.2. The average Bonchev–Trinajstić information content (AvgIpc) is 2.72. The van der Waals surface area contributed by atoms with Crippen LogP contribution in [0.15, 0.2) is 59.2 Å². The first-order chi connectivity index (χ1) is 14.1. The van der Waals surface area contributed by atoms with Crippen molar-refractivity contribution in [2.45, 2.75) is 6.18 Å². The molecule has 0 bridgehead atoms. The third kappa shape index (κ3) is 4.51. The Labute approximate surface area is 178 Å². The summed E-state index contributed by atoms with van der Waals surface area (Å²) in [7, 11) is 3.05. The van der Waals surface area contributed by atoms with Gasteiger partial charge >= 0.3 is 6.18 Å². The highest BCUT2D eigenvalue weighted by Gasteiger charge is 2.37. The summed E-state index contributed by atoms with van der Waals surface area (Å²) in [6.45, 7) is 0. The molecule has 0 atom stereocenters. The van der Waals surface area contributed by atoms with Crippen molar-refractivity contribution in [2.75, 3.05) is 23.9 Å². The monoisotopic (exact) mass is 481 g/mol. The van der Waals surface area contributed by atoms with Crippen LogP contribution in [0.5, 0.6) is 0 Å². The van der Waals surface area contributed by atoms with E-state index in [9.17, 15) is 23.3 Å². The Hall–Kier alpha value is -3.21. The van der Waals surface area contributed by atoms with Gasteiger partial charge in [-0.2, -0.15) is 18.2 Å². The normalized spacial score (nSPS) is 11.3. The number of nitro benzene ring substituents is 1. The molecule has 1 heterocycles. The third-order valence-corrected chi connectivity index (χ3v) is 4.87. The van der Waals surface area contributed by atoms with Gasteiger partial charge in [0.05, 0.1) is 4.92 Å². The number of aromatic nitrogens is 2. The number of nitrogens with zero attached hydrogens (tertiary/aromatic N) is 5. The minimum absolute atomic E-state index is 0.0100. The molecule has 0 N–H and O–H groups in total. The van der Waals surface area contributed by atoms with Crippen LogP contribution in [0.1, 0.15) is 5.56 Å². The first-order valence-electron chi connectivity index (χ1n) is 8.49. The number of benzene rings is 2. The molecule has 0 aliphatic rings. The van der Waals surface area contributed by atoms with E-state index in [0.29, 0.717) is 11.4 Å².